The maximum Gasteiger partial charge on any atom is 0.142 e. The first-order valence-electron chi connectivity index (χ1n) is 6.03. The summed E-state index contributed by atoms with van der Waals surface area (Å²) in [4.78, 5) is 4.24. The summed E-state index contributed by atoms with van der Waals surface area (Å²) < 4.78 is 13.3. The molecule has 19 heavy (non-hydrogen) atoms. The Morgan fingerprint density at radius 3 is 2.79 bits per heavy atom. The SMILES string of the molecule is Cc1cnc(C(O)Cc2cccc(F)c2Cl)c(C)c1. The van der Waals surface area contributed by atoms with E-state index >= 15 is 0 Å². The summed E-state index contributed by atoms with van der Waals surface area (Å²) in [5.41, 5.74) is 3.14. The van der Waals surface area contributed by atoms with Gasteiger partial charge in [-0.05, 0) is 36.6 Å². The summed E-state index contributed by atoms with van der Waals surface area (Å²) in [5, 5.41) is 10.3. The quantitative estimate of drug-likeness (QED) is 0.928. The van der Waals surface area contributed by atoms with Gasteiger partial charge in [0.15, 0.2) is 0 Å². The number of aliphatic hydroxyl groups is 1. The molecule has 0 aliphatic heterocycles. The Bertz CT molecular complexity index is 601. The molecule has 2 nitrogen and oxygen atoms in total. The number of aryl methyl sites for hydroxylation is 2. The lowest BCUT2D eigenvalue weighted by molar-refractivity contribution is 0.172. The average Bonchev–Trinajstić information content (AvgIpc) is 2.34. The highest BCUT2D eigenvalue weighted by atomic mass is 35.5. The average molecular weight is 280 g/mol. The maximum absolute atomic E-state index is 13.3. The van der Waals surface area contributed by atoms with Crippen LogP contribution in [0.5, 0.6) is 0 Å². The lowest BCUT2D eigenvalue weighted by Gasteiger charge is -2.14. The van der Waals surface area contributed by atoms with Crippen LogP contribution in [0.2, 0.25) is 5.02 Å². The zero-order valence-corrected chi connectivity index (χ0v) is 11.6. The van der Waals surface area contributed by atoms with E-state index in [0.29, 0.717) is 11.3 Å². The van der Waals surface area contributed by atoms with Crippen LogP contribution in [0.25, 0.3) is 0 Å². The lowest BCUT2D eigenvalue weighted by Crippen LogP contribution is -2.07. The molecule has 1 atom stereocenters. The van der Waals surface area contributed by atoms with Gasteiger partial charge in [-0.25, -0.2) is 4.39 Å². The molecule has 1 heterocycles. The van der Waals surface area contributed by atoms with Crippen molar-refractivity contribution in [2.45, 2.75) is 26.4 Å². The minimum Gasteiger partial charge on any atom is -0.386 e. The van der Waals surface area contributed by atoms with Gasteiger partial charge in [-0.2, -0.15) is 0 Å². The Balaban J connectivity index is 2.25. The Morgan fingerprint density at radius 2 is 2.11 bits per heavy atom. The summed E-state index contributed by atoms with van der Waals surface area (Å²) in [6.45, 7) is 3.84. The van der Waals surface area contributed by atoms with Crippen molar-refractivity contribution >= 4 is 11.6 Å². The second-order valence-corrected chi connectivity index (χ2v) is 5.03. The summed E-state index contributed by atoms with van der Waals surface area (Å²) in [6.07, 6.45) is 1.16. The number of hydrogen-bond donors (Lipinski definition) is 1. The number of aromatic nitrogens is 1. The van der Waals surface area contributed by atoms with Crippen molar-refractivity contribution in [3.05, 3.63) is 63.7 Å². The van der Waals surface area contributed by atoms with Crippen molar-refractivity contribution in [2.24, 2.45) is 0 Å². The van der Waals surface area contributed by atoms with E-state index in [1.165, 1.54) is 6.07 Å². The fraction of sp³-hybridized carbons (Fsp3) is 0.267. The van der Waals surface area contributed by atoms with E-state index in [4.69, 9.17) is 11.6 Å². The standard InChI is InChI=1S/C15H15ClFNO/c1-9-6-10(2)15(18-8-9)13(19)7-11-4-3-5-12(17)14(11)16/h3-6,8,13,19H,7H2,1-2H3. The smallest absolute Gasteiger partial charge is 0.142 e. The molecule has 0 saturated heterocycles. The lowest BCUT2D eigenvalue weighted by atomic mass is 10.0. The molecule has 100 valence electrons. The molecule has 0 fully saturated rings. The van der Waals surface area contributed by atoms with Crippen molar-refractivity contribution in [1.29, 1.82) is 0 Å². The van der Waals surface area contributed by atoms with Crippen LogP contribution in [0, 0.1) is 19.7 Å². The monoisotopic (exact) mass is 279 g/mol. The molecule has 1 unspecified atom stereocenters. The van der Waals surface area contributed by atoms with Crippen molar-refractivity contribution in [2.75, 3.05) is 0 Å². The number of halogens is 2. The fourth-order valence-corrected chi connectivity index (χ4v) is 2.29. The molecule has 4 heteroatoms. The predicted molar refractivity (Wildman–Crippen MR) is 73.8 cm³/mol. The van der Waals surface area contributed by atoms with E-state index in [1.807, 2.05) is 19.9 Å². The molecule has 0 spiro atoms. The van der Waals surface area contributed by atoms with Crippen molar-refractivity contribution in [1.82, 2.24) is 4.98 Å². The Hall–Kier alpha value is -1.45. The first kappa shape index (κ1) is 14.0. The number of pyridine rings is 1. The van der Waals surface area contributed by atoms with E-state index < -0.39 is 11.9 Å². The molecular formula is C15H15ClFNO. The molecule has 1 aromatic carbocycles. The number of benzene rings is 1. The van der Waals surface area contributed by atoms with Crippen LogP contribution >= 0.6 is 11.6 Å². The van der Waals surface area contributed by atoms with Gasteiger partial charge >= 0.3 is 0 Å². The van der Waals surface area contributed by atoms with Gasteiger partial charge in [0, 0.05) is 12.6 Å². The molecular weight excluding hydrogens is 265 g/mol. The zero-order chi connectivity index (χ0) is 14.0. The third-order valence-corrected chi connectivity index (χ3v) is 3.44. The molecule has 0 saturated carbocycles. The molecule has 2 aromatic rings. The van der Waals surface area contributed by atoms with Gasteiger partial charge in [0.05, 0.1) is 10.7 Å². The topological polar surface area (TPSA) is 33.1 Å². The largest absolute Gasteiger partial charge is 0.386 e. The van der Waals surface area contributed by atoms with Gasteiger partial charge in [-0.15, -0.1) is 0 Å². The number of hydrogen-bond acceptors (Lipinski definition) is 2. The van der Waals surface area contributed by atoms with Gasteiger partial charge < -0.3 is 5.11 Å². The van der Waals surface area contributed by atoms with Gasteiger partial charge in [-0.1, -0.05) is 29.8 Å². The first-order valence-corrected chi connectivity index (χ1v) is 6.41. The second kappa shape index (κ2) is 5.68. The molecule has 0 radical (unpaired) electrons. The Labute approximate surface area is 116 Å². The van der Waals surface area contributed by atoms with Gasteiger partial charge in [-0.3, -0.25) is 4.98 Å². The fourth-order valence-electron chi connectivity index (χ4n) is 2.09. The zero-order valence-electron chi connectivity index (χ0n) is 10.8. The highest BCUT2D eigenvalue weighted by molar-refractivity contribution is 6.31. The molecule has 1 N–H and O–H groups in total. The van der Waals surface area contributed by atoms with Crippen LogP contribution in [0.3, 0.4) is 0 Å². The van der Waals surface area contributed by atoms with E-state index in [1.54, 1.807) is 18.3 Å². The summed E-state index contributed by atoms with van der Waals surface area (Å²) >= 11 is 5.88. The molecule has 0 amide bonds. The van der Waals surface area contributed by atoms with Gasteiger partial charge in [0.1, 0.15) is 11.9 Å². The highest BCUT2D eigenvalue weighted by Crippen LogP contribution is 2.26. The van der Waals surface area contributed by atoms with Crippen LogP contribution < -0.4 is 0 Å². The molecule has 0 bridgehead atoms. The minimum atomic E-state index is -0.792. The van der Waals surface area contributed by atoms with Crippen LogP contribution in [0.4, 0.5) is 4.39 Å². The van der Waals surface area contributed by atoms with Crippen molar-refractivity contribution in [3.63, 3.8) is 0 Å². The van der Waals surface area contributed by atoms with E-state index in [-0.39, 0.29) is 11.4 Å². The van der Waals surface area contributed by atoms with E-state index in [0.717, 1.165) is 11.1 Å². The number of rotatable bonds is 3. The van der Waals surface area contributed by atoms with E-state index in [9.17, 15) is 9.50 Å². The number of nitrogens with zero attached hydrogens (tertiary/aromatic N) is 1. The highest BCUT2D eigenvalue weighted by Gasteiger charge is 2.15. The molecule has 1 aromatic heterocycles. The van der Waals surface area contributed by atoms with Crippen LogP contribution in [-0.4, -0.2) is 10.1 Å². The predicted octanol–water partition coefficient (Wildman–Crippen LogP) is 3.77. The third kappa shape index (κ3) is 3.11. The summed E-state index contributed by atoms with van der Waals surface area (Å²) in [5.74, 6) is -0.472. The van der Waals surface area contributed by atoms with Gasteiger partial charge in [0.2, 0.25) is 0 Å². The van der Waals surface area contributed by atoms with Crippen molar-refractivity contribution < 1.29 is 9.50 Å². The number of aliphatic hydroxyl groups excluding tert-OH is 1. The van der Waals surface area contributed by atoms with Crippen LogP contribution in [0.15, 0.2) is 30.5 Å². The molecule has 0 aliphatic rings. The summed E-state index contributed by atoms with van der Waals surface area (Å²) in [6, 6.07) is 6.54. The molecule has 0 aliphatic carbocycles. The normalized spacial score (nSPS) is 12.5. The minimum absolute atomic E-state index is 0.0614. The second-order valence-electron chi connectivity index (χ2n) is 4.65. The van der Waals surface area contributed by atoms with Crippen LogP contribution in [0.1, 0.15) is 28.5 Å². The van der Waals surface area contributed by atoms with Crippen LogP contribution in [-0.2, 0) is 6.42 Å². The Morgan fingerprint density at radius 1 is 1.37 bits per heavy atom. The molecule has 2 rings (SSSR count). The van der Waals surface area contributed by atoms with E-state index in [2.05, 4.69) is 4.98 Å². The maximum atomic E-state index is 13.3. The Kier molecular flexibility index (Phi) is 4.17. The third-order valence-electron chi connectivity index (χ3n) is 3.02. The summed E-state index contributed by atoms with van der Waals surface area (Å²) in [7, 11) is 0. The first-order chi connectivity index (χ1) is 8.99. The van der Waals surface area contributed by atoms with Gasteiger partial charge in [0.25, 0.3) is 0 Å². The van der Waals surface area contributed by atoms with Crippen molar-refractivity contribution in [3.8, 4) is 0 Å².